The fourth-order valence-electron chi connectivity index (χ4n) is 4.70. The number of hydrogen-bond acceptors (Lipinski definition) is 2. The lowest BCUT2D eigenvalue weighted by Gasteiger charge is -2.32. The lowest BCUT2D eigenvalue weighted by atomic mass is 9.89. The summed E-state index contributed by atoms with van der Waals surface area (Å²) in [6, 6.07) is 11.5. The number of halogens is 2. The van der Waals surface area contributed by atoms with Crippen LogP contribution in [0.15, 0.2) is 36.4 Å². The predicted molar refractivity (Wildman–Crippen MR) is 119 cm³/mol. The van der Waals surface area contributed by atoms with E-state index in [0.717, 1.165) is 32.4 Å². The van der Waals surface area contributed by atoms with Crippen LogP contribution in [0.4, 0.5) is 4.39 Å². The minimum Gasteiger partial charge on any atom is -0.349 e. The molecular formula is C25H30ClFN2O. The predicted octanol–water partition coefficient (Wildman–Crippen LogP) is 5.45. The highest BCUT2D eigenvalue weighted by Gasteiger charge is 2.27. The van der Waals surface area contributed by atoms with Crippen LogP contribution in [-0.4, -0.2) is 23.9 Å². The molecule has 1 aliphatic heterocycles. The largest absolute Gasteiger partial charge is 0.349 e. The van der Waals surface area contributed by atoms with Gasteiger partial charge >= 0.3 is 0 Å². The van der Waals surface area contributed by atoms with Crippen molar-refractivity contribution in [2.45, 2.75) is 58.0 Å². The Balaban J connectivity index is 1.30. The molecule has 5 heteroatoms. The van der Waals surface area contributed by atoms with Gasteiger partial charge in [-0.1, -0.05) is 35.9 Å². The Kier molecular flexibility index (Phi) is 6.74. The quantitative estimate of drug-likeness (QED) is 0.687. The highest BCUT2D eigenvalue weighted by Crippen LogP contribution is 2.27. The molecule has 0 spiro atoms. The first-order valence-corrected chi connectivity index (χ1v) is 11.5. The van der Waals surface area contributed by atoms with Crippen molar-refractivity contribution < 1.29 is 9.18 Å². The molecule has 1 aliphatic carbocycles. The van der Waals surface area contributed by atoms with Gasteiger partial charge in [0.1, 0.15) is 5.82 Å². The highest BCUT2D eigenvalue weighted by molar-refractivity contribution is 6.31. The van der Waals surface area contributed by atoms with Crippen LogP contribution in [0, 0.1) is 11.7 Å². The van der Waals surface area contributed by atoms with Crippen molar-refractivity contribution >= 4 is 17.5 Å². The summed E-state index contributed by atoms with van der Waals surface area (Å²) in [6.07, 6.45) is 6.43. The van der Waals surface area contributed by atoms with Gasteiger partial charge in [0.15, 0.2) is 0 Å². The van der Waals surface area contributed by atoms with E-state index in [-0.39, 0.29) is 23.7 Å². The van der Waals surface area contributed by atoms with E-state index in [4.69, 9.17) is 11.6 Å². The van der Waals surface area contributed by atoms with Gasteiger partial charge < -0.3 is 5.32 Å². The third-order valence-electron chi connectivity index (χ3n) is 6.63. The standard InChI is InChI=1S/C25H30ClFN2O/c1-17(20-10-9-18-5-2-3-6-21(18)15-20)28-25(30)19-11-13-29(14-12-19)16-22-23(26)7-4-8-24(22)27/h4,7-10,15,17,19H,2-3,5-6,11-14,16H2,1H3,(H,28,30). The van der Waals surface area contributed by atoms with E-state index in [1.807, 2.05) is 0 Å². The van der Waals surface area contributed by atoms with Gasteiger partial charge in [0.05, 0.1) is 6.04 Å². The van der Waals surface area contributed by atoms with Crippen LogP contribution in [0.3, 0.4) is 0 Å². The molecule has 1 saturated heterocycles. The molecule has 1 heterocycles. The molecule has 2 aliphatic rings. The number of benzene rings is 2. The number of nitrogens with one attached hydrogen (secondary N) is 1. The summed E-state index contributed by atoms with van der Waals surface area (Å²) in [4.78, 5) is 15.0. The van der Waals surface area contributed by atoms with E-state index in [9.17, 15) is 9.18 Å². The van der Waals surface area contributed by atoms with Gasteiger partial charge in [-0.2, -0.15) is 0 Å². The molecule has 4 rings (SSSR count). The molecular weight excluding hydrogens is 399 g/mol. The summed E-state index contributed by atoms with van der Waals surface area (Å²) in [5.74, 6) is -0.123. The van der Waals surface area contributed by atoms with Gasteiger partial charge in [-0.3, -0.25) is 9.69 Å². The lowest BCUT2D eigenvalue weighted by molar-refractivity contribution is -0.127. The molecule has 3 nitrogen and oxygen atoms in total. The van der Waals surface area contributed by atoms with E-state index in [0.29, 0.717) is 17.1 Å². The Labute approximate surface area is 183 Å². The molecule has 1 fully saturated rings. The molecule has 1 atom stereocenters. The first-order valence-electron chi connectivity index (χ1n) is 11.1. The molecule has 1 amide bonds. The number of nitrogens with zero attached hydrogens (tertiary/aromatic N) is 1. The maximum atomic E-state index is 14.0. The number of piperidine rings is 1. The highest BCUT2D eigenvalue weighted by atomic mass is 35.5. The van der Waals surface area contributed by atoms with Gasteiger partial charge in [0.25, 0.3) is 0 Å². The monoisotopic (exact) mass is 428 g/mol. The summed E-state index contributed by atoms with van der Waals surface area (Å²) in [5.41, 5.74) is 4.64. The average molecular weight is 429 g/mol. The van der Waals surface area contributed by atoms with E-state index in [2.05, 4.69) is 35.3 Å². The molecule has 30 heavy (non-hydrogen) atoms. The maximum Gasteiger partial charge on any atom is 0.223 e. The SMILES string of the molecule is CC(NC(=O)C1CCN(Cc2c(F)cccc2Cl)CC1)c1ccc2c(c1)CCCC2. The van der Waals surface area contributed by atoms with E-state index < -0.39 is 0 Å². The second-order valence-corrected chi connectivity index (χ2v) is 9.12. The van der Waals surface area contributed by atoms with Crippen LogP contribution in [-0.2, 0) is 24.2 Å². The molecule has 0 bridgehead atoms. The van der Waals surface area contributed by atoms with Gasteiger partial charge in [0.2, 0.25) is 5.91 Å². The van der Waals surface area contributed by atoms with Crippen molar-refractivity contribution in [3.8, 4) is 0 Å². The van der Waals surface area contributed by atoms with Gasteiger partial charge in [-0.25, -0.2) is 4.39 Å². The van der Waals surface area contributed by atoms with Gasteiger partial charge in [-0.05, 0) is 87.4 Å². The number of carbonyl (C=O) groups excluding carboxylic acids is 1. The van der Waals surface area contributed by atoms with Crippen LogP contribution >= 0.6 is 11.6 Å². The van der Waals surface area contributed by atoms with Gasteiger partial charge in [0, 0.05) is 23.0 Å². The number of fused-ring (bicyclic) bond motifs is 1. The Hall–Kier alpha value is -1.91. The number of amides is 1. The number of likely N-dealkylation sites (tertiary alicyclic amines) is 1. The Bertz CT molecular complexity index is 888. The number of hydrogen-bond donors (Lipinski definition) is 1. The summed E-state index contributed by atoms with van der Waals surface area (Å²) in [7, 11) is 0. The molecule has 2 aromatic carbocycles. The topological polar surface area (TPSA) is 32.3 Å². The third kappa shape index (κ3) is 4.87. The average Bonchev–Trinajstić information content (AvgIpc) is 2.76. The van der Waals surface area contributed by atoms with Crippen LogP contribution in [0.1, 0.15) is 60.9 Å². The van der Waals surface area contributed by atoms with Crippen molar-refractivity contribution in [1.82, 2.24) is 10.2 Å². The van der Waals surface area contributed by atoms with Crippen molar-refractivity contribution in [3.63, 3.8) is 0 Å². The van der Waals surface area contributed by atoms with E-state index in [1.165, 1.54) is 42.0 Å². The molecule has 0 radical (unpaired) electrons. The normalized spacial score (nSPS) is 18.6. The van der Waals surface area contributed by atoms with Crippen LogP contribution in [0.2, 0.25) is 5.02 Å². The molecule has 2 aromatic rings. The molecule has 0 aromatic heterocycles. The van der Waals surface area contributed by atoms with Crippen LogP contribution < -0.4 is 5.32 Å². The van der Waals surface area contributed by atoms with Crippen molar-refractivity contribution in [3.05, 3.63) is 69.5 Å². The summed E-state index contributed by atoms with van der Waals surface area (Å²) >= 11 is 6.16. The van der Waals surface area contributed by atoms with Gasteiger partial charge in [-0.15, -0.1) is 0 Å². The second-order valence-electron chi connectivity index (χ2n) is 8.72. The second kappa shape index (κ2) is 9.49. The Morgan fingerprint density at radius 3 is 2.63 bits per heavy atom. The Morgan fingerprint density at radius 2 is 1.90 bits per heavy atom. The molecule has 0 saturated carbocycles. The minimum atomic E-state index is -0.263. The zero-order valence-corrected chi connectivity index (χ0v) is 18.4. The molecule has 1 unspecified atom stereocenters. The minimum absolute atomic E-state index is 0.0115. The number of carbonyl (C=O) groups is 1. The summed E-state index contributed by atoms with van der Waals surface area (Å²) in [6.45, 7) is 4.11. The summed E-state index contributed by atoms with van der Waals surface area (Å²) in [5, 5.41) is 3.68. The molecule has 1 N–H and O–H groups in total. The number of rotatable bonds is 5. The van der Waals surface area contributed by atoms with Crippen LogP contribution in [0.25, 0.3) is 0 Å². The fourth-order valence-corrected chi connectivity index (χ4v) is 4.92. The zero-order valence-electron chi connectivity index (χ0n) is 17.6. The molecule has 160 valence electrons. The number of aryl methyl sites for hydroxylation is 2. The fraction of sp³-hybridized carbons (Fsp3) is 0.480. The van der Waals surface area contributed by atoms with Crippen LogP contribution in [0.5, 0.6) is 0 Å². The zero-order chi connectivity index (χ0) is 21.1. The first-order chi connectivity index (χ1) is 14.5. The van der Waals surface area contributed by atoms with Crippen molar-refractivity contribution in [2.24, 2.45) is 5.92 Å². The van der Waals surface area contributed by atoms with E-state index in [1.54, 1.807) is 12.1 Å². The van der Waals surface area contributed by atoms with E-state index >= 15 is 0 Å². The maximum absolute atomic E-state index is 14.0. The van der Waals surface area contributed by atoms with Crippen molar-refractivity contribution in [1.29, 1.82) is 0 Å². The Morgan fingerprint density at radius 1 is 1.17 bits per heavy atom. The smallest absolute Gasteiger partial charge is 0.223 e. The lowest BCUT2D eigenvalue weighted by Crippen LogP contribution is -2.41. The van der Waals surface area contributed by atoms with Crippen molar-refractivity contribution in [2.75, 3.05) is 13.1 Å². The third-order valence-corrected chi connectivity index (χ3v) is 6.99. The summed E-state index contributed by atoms with van der Waals surface area (Å²) < 4.78 is 14.0. The first kappa shape index (κ1) is 21.3.